The Kier molecular flexibility index (Phi) is 10.1. The number of hydrogen-bond acceptors (Lipinski definition) is 8. The molecule has 1 aromatic heterocycles. The van der Waals surface area contributed by atoms with E-state index in [4.69, 9.17) is 15.9 Å². The number of nitrogens with one attached hydrogen (secondary N) is 1. The second-order valence-electron chi connectivity index (χ2n) is 8.83. The third-order valence-electron chi connectivity index (χ3n) is 6.05. The standard InChI is InChI=1S/C28H32BrN5O3/c1-2-18-36-27-26(29)19-30-28(32-27)31-23-8-10-25(11-9-23)37-21-24(35)20-34-16-14-33(15-17-34)13-12-22-6-4-3-5-7-22/h1,3-11,19,24,35H,12-18,20-21H2,(H,30,31,32). The van der Waals surface area contributed by atoms with Crippen LogP contribution < -0.4 is 14.8 Å². The number of hydrogen-bond donors (Lipinski definition) is 2. The first kappa shape index (κ1) is 26.9. The summed E-state index contributed by atoms with van der Waals surface area (Å²) in [6, 6.07) is 18.0. The molecule has 1 fully saturated rings. The van der Waals surface area contributed by atoms with Gasteiger partial charge in [-0.25, -0.2) is 4.98 Å². The Morgan fingerprint density at radius 1 is 1.03 bits per heavy atom. The van der Waals surface area contributed by atoms with Crippen LogP contribution in [0.15, 0.2) is 65.3 Å². The van der Waals surface area contributed by atoms with Gasteiger partial charge in [-0.15, -0.1) is 6.42 Å². The summed E-state index contributed by atoms with van der Waals surface area (Å²) in [5.41, 5.74) is 2.17. The van der Waals surface area contributed by atoms with Gasteiger partial charge < -0.3 is 24.8 Å². The van der Waals surface area contributed by atoms with Gasteiger partial charge in [-0.3, -0.25) is 4.90 Å². The van der Waals surface area contributed by atoms with Crippen LogP contribution in [0.1, 0.15) is 5.56 Å². The first-order valence-electron chi connectivity index (χ1n) is 12.3. The second kappa shape index (κ2) is 14.0. The maximum atomic E-state index is 10.5. The largest absolute Gasteiger partial charge is 0.491 e. The summed E-state index contributed by atoms with van der Waals surface area (Å²) in [4.78, 5) is 13.3. The Hall–Kier alpha value is -3.16. The maximum absolute atomic E-state index is 10.5. The average Bonchev–Trinajstić information content (AvgIpc) is 2.93. The van der Waals surface area contributed by atoms with Gasteiger partial charge in [0.1, 0.15) is 18.5 Å². The summed E-state index contributed by atoms with van der Waals surface area (Å²) in [7, 11) is 0. The average molecular weight is 567 g/mol. The van der Waals surface area contributed by atoms with Gasteiger partial charge in [-0.1, -0.05) is 36.3 Å². The van der Waals surface area contributed by atoms with Crippen LogP contribution in [0.25, 0.3) is 0 Å². The van der Waals surface area contributed by atoms with Crippen molar-refractivity contribution < 1.29 is 14.6 Å². The van der Waals surface area contributed by atoms with Gasteiger partial charge in [0.15, 0.2) is 6.61 Å². The highest BCUT2D eigenvalue weighted by Gasteiger charge is 2.19. The second-order valence-corrected chi connectivity index (χ2v) is 9.69. The van der Waals surface area contributed by atoms with Crippen LogP contribution in [0, 0.1) is 12.3 Å². The van der Waals surface area contributed by atoms with E-state index in [1.54, 1.807) is 6.20 Å². The number of β-amino-alcohol motifs (C(OH)–C–C–N with tert-alkyl or cyclic N) is 1. The topological polar surface area (TPSA) is 83.0 Å². The van der Waals surface area contributed by atoms with Crippen LogP contribution in [-0.2, 0) is 6.42 Å². The Bertz CT molecular complexity index is 1150. The van der Waals surface area contributed by atoms with E-state index in [0.717, 1.165) is 44.8 Å². The molecule has 3 aromatic rings. The minimum Gasteiger partial charge on any atom is -0.491 e. The van der Waals surface area contributed by atoms with Crippen LogP contribution >= 0.6 is 15.9 Å². The fraction of sp³-hybridized carbons (Fsp3) is 0.357. The number of benzene rings is 2. The fourth-order valence-electron chi connectivity index (χ4n) is 4.06. The molecule has 0 saturated carbocycles. The first-order valence-corrected chi connectivity index (χ1v) is 13.1. The minimum atomic E-state index is -0.550. The van der Waals surface area contributed by atoms with Crippen molar-refractivity contribution in [3.05, 3.63) is 70.8 Å². The zero-order chi connectivity index (χ0) is 25.9. The van der Waals surface area contributed by atoms with Gasteiger partial charge in [0.25, 0.3) is 0 Å². The number of rotatable bonds is 12. The lowest BCUT2D eigenvalue weighted by atomic mass is 10.1. The van der Waals surface area contributed by atoms with E-state index >= 15 is 0 Å². The summed E-state index contributed by atoms with van der Waals surface area (Å²) in [5, 5.41) is 13.6. The molecule has 0 aliphatic carbocycles. The lowest BCUT2D eigenvalue weighted by Crippen LogP contribution is -2.49. The molecule has 1 aliphatic rings. The molecule has 8 nitrogen and oxygen atoms in total. The highest BCUT2D eigenvalue weighted by atomic mass is 79.9. The van der Waals surface area contributed by atoms with E-state index in [9.17, 15) is 5.11 Å². The molecule has 1 unspecified atom stereocenters. The van der Waals surface area contributed by atoms with Crippen molar-refractivity contribution in [3.63, 3.8) is 0 Å². The van der Waals surface area contributed by atoms with Crippen molar-refractivity contribution in [2.45, 2.75) is 12.5 Å². The number of ether oxygens (including phenoxy) is 2. The Labute approximate surface area is 226 Å². The zero-order valence-electron chi connectivity index (χ0n) is 20.7. The van der Waals surface area contributed by atoms with Crippen LogP contribution in [0.2, 0.25) is 0 Å². The molecule has 2 N–H and O–H groups in total. The third kappa shape index (κ3) is 8.72. The number of aromatic nitrogens is 2. The minimum absolute atomic E-state index is 0.123. The summed E-state index contributed by atoms with van der Waals surface area (Å²) in [5.74, 6) is 3.86. The number of halogens is 1. The maximum Gasteiger partial charge on any atom is 0.233 e. The summed E-state index contributed by atoms with van der Waals surface area (Å²) in [6.07, 6.45) is 7.37. The molecule has 0 spiro atoms. The van der Waals surface area contributed by atoms with Crippen LogP contribution in [-0.4, -0.2) is 83.5 Å². The number of piperazine rings is 1. The van der Waals surface area contributed by atoms with E-state index in [1.807, 2.05) is 24.3 Å². The van der Waals surface area contributed by atoms with E-state index in [2.05, 4.69) is 77.3 Å². The van der Waals surface area contributed by atoms with Crippen molar-refractivity contribution >= 4 is 27.6 Å². The van der Waals surface area contributed by atoms with Crippen LogP contribution in [0.4, 0.5) is 11.6 Å². The molecule has 9 heteroatoms. The first-order chi connectivity index (χ1) is 18.1. The highest BCUT2D eigenvalue weighted by Crippen LogP contribution is 2.24. The quantitative estimate of drug-likeness (QED) is 0.322. The molecule has 1 saturated heterocycles. The van der Waals surface area contributed by atoms with Crippen molar-refractivity contribution in [1.29, 1.82) is 0 Å². The summed E-state index contributed by atoms with van der Waals surface area (Å²) >= 11 is 3.34. The molecule has 1 aliphatic heterocycles. The lowest BCUT2D eigenvalue weighted by Gasteiger charge is -2.35. The predicted molar refractivity (Wildman–Crippen MR) is 148 cm³/mol. The lowest BCUT2D eigenvalue weighted by molar-refractivity contribution is 0.0463. The van der Waals surface area contributed by atoms with Crippen molar-refractivity contribution in [2.75, 3.05) is 57.8 Å². The Morgan fingerprint density at radius 2 is 1.76 bits per heavy atom. The smallest absolute Gasteiger partial charge is 0.233 e. The SMILES string of the molecule is C#CCOc1nc(Nc2ccc(OCC(O)CN3CCN(CCc4ccccc4)CC3)cc2)ncc1Br. The predicted octanol–water partition coefficient (Wildman–Crippen LogP) is 3.59. The van der Waals surface area contributed by atoms with Gasteiger partial charge in [0, 0.05) is 45.0 Å². The summed E-state index contributed by atoms with van der Waals surface area (Å²) in [6.45, 7) is 6.01. The molecule has 1 atom stereocenters. The van der Waals surface area contributed by atoms with E-state index in [1.165, 1.54) is 5.56 Å². The Morgan fingerprint density at radius 3 is 2.49 bits per heavy atom. The third-order valence-corrected chi connectivity index (χ3v) is 6.59. The monoisotopic (exact) mass is 565 g/mol. The number of anilines is 2. The normalized spacial score (nSPS) is 15.1. The van der Waals surface area contributed by atoms with Crippen LogP contribution in [0.3, 0.4) is 0 Å². The van der Waals surface area contributed by atoms with E-state index in [-0.39, 0.29) is 13.2 Å². The van der Waals surface area contributed by atoms with Gasteiger partial charge in [0.05, 0.1) is 10.7 Å². The fourth-order valence-corrected chi connectivity index (χ4v) is 4.36. The molecule has 37 heavy (non-hydrogen) atoms. The Balaban J connectivity index is 1.16. The molecule has 2 aromatic carbocycles. The number of aliphatic hydroxyl groups excluding tert-OH is 1. The number of aliphatic hydroxyl groups is 1. The molecular weight excluding hydrogens is 534 g/mol. The van der Waals surface area contributed by atoms with E-state index < -0.39 is 6.10 Å². The number of nitrogens with zero attached hydrogens (tertiary/aromatic N) is 4. The molecule has 0 amide bonds. The van der Waals surface area contributed by atoms with Gasteiger partial charge in [0.2, 0.25) is 11.8 Å². The molecule has 4 rings (SSSR count). The van der Waals surface area contributed by atoms with Crippen molar-refractivity contribution in [1.82, 2.24) is 19.8 Å². The zero-order valence-corrected chi connectivity index (χ0v) is 22.3. The molecule has 194 valence electrons. The van der Waals surface area contributed by atoms with Crippen molar-refractivity contribution in [3.8, 4) is 24.0 Å². The van der Waals surface area contributed by atoms with Gasteiger partial charge in [-0.05, 0) is 52.2 Å². The van der Waals surface area contributed by atoms with Gasteiger partial charge >= 0.3 is 0 Å². The molecule has 2 heterocycles. The molecular formula is C28H32BrN5O3. The van der Waals surface area contributed by atoms with Gasteiger partial charge in [-0.2, -0.15) is 4.98 Å². The van der Waals surface area contributed by atoms with Crippen molar-refractivity contribution in [2.24, 2.45) is 0 Å². The molecule has 0 radical (unpaired) electrons. The highest BCUT2D eigenvalue weighted by molar-refractivity contribution is 9.10. The van der Waals surface area contributed by atoms with E-state index in [0.29, 0.717) is 28.6 Å². The summed E-state index contributed by atoms with van der Waals surface area (Å²) < 4.78 is 11.8. The van der Waals surface area contributed by atoms with Crippen LogP contribution in [0.5, 0.6) is 11.6 Å². The molecule has 0 bridgehead atoms. The number of terminal acetylenes is 1.